The number of nitrogens with one attached hydrogen (secondary N) is 1. The summed E-state index contributed by atoms with van der Waals surface area (Å²) in [6.45, 7) is 1.20. The van der Waals surface area contributed by atoms with Gasteiger partial charge in [0, 0.05) is 18.5 Å². The molecule has 2 aliphatic rings. The van der Waals surface area contributed by atoms with Gasteiger partial charge in [0.15, 0.2) is 0 Å². The van der Waals surface area contributed by atoms with Crippen LogP contribution in [0.5, 0.6) is 0 Å². The minimum absolute atomic E-state index is 0.128. The molecular weight excluding hydrogens is 370 g/mol. The Morgan fingerprint density at radius 3 is 2.46 bits per heavy atom. The van der Waals surface area contributed by atoms with Gasteiger partial charge in [-0.1, -0.05) is 18.9 Å². The molecule has 1 saturated heterocycles. The quantitative estimate of drug-likeness (QED) is 0.804. The van der Waals surface area contributed by atoms with Crippen molar-refractivity contribution in [2.75, 3.05) is 0 Å². The van der Waals surface area contributed by atoms with Gasteiger partial charge < -0.3 is 15.3 Å². The van der Waals surface area contributed by atoms with E-state index < -0.39 is 53.5 Å². The van der Waals surface area contributed by atoms with Crippen LogP contribution in [0.4, 0.5) is 8.78 Å². The second-order valence-electron chi connectivity index (χ2n) is 7.60. The number of halogens is 2. The number of amides is 2. The maximum atomic E-state index is 14.2. The molecule has 0 spiro atoms. The van der Waals surface area contributed by atoms with Gasteiger partial charge in [0.2, 0.25) is 11.8 Å². The van der Waals surface area contributed by atoms with Crippen molar-refractivity contribution in [2.45, 2.75) is 63.6 Å². The number of carbonyl (C=O) groups excluding carboxylic acids is 2. The highest BCUT2D eigenvalue weighted by atomic mass is 19.1. The van der Waals surface area contributed by atoms with Gasteiger partial charge in [-0.3, -0.25) is 9.59 Å². The fraction of sp³-hybridized carbons (Fsp3) is 0.550. The number of hydrogen-bond donors (Lipinski definition) is 2. The summed E-state index contributed by atoms with van der Waals surface area (Å²) in [5.74, 6) is -3.72. The summed E-state index contributed by atoms with van der Waals surface area (Å²) in [4.78, 5) is 37.7. The van der Waals surface area contributed by atoms with E-state index >= 15 is 0 Å². The Labute approximate surface area is 161 Å². The van der Waals surface area contributed by atoms with Crippen LogP contribution in [-0.2, 0) is 14.4 Å². The SMILES string of the molecule is CC(=O)N[C@H](CC(=O)N1[C@H](C(=O)O)C[C@@H]2CCCC[C@@H]21)c1c(F)cccc1F. The molecule has 1 aromatic carbocycles. The zero-order valence-electron chi connectivity index (χ0n) is 15.7. The summed E-state index contributed by atoms with van der Waals surface area (Å²) in [7, 11) is 0. The predicted octanol–water partition coefficient (Wildman–Crippen LogP) is 2.78. The lowest BCUT2D eigenvalue weighted by atomic mass is 9.84. The van der Waals surface area contributed by atoms with Gasteiger partial charge in [-0.15, -0.1) is 0 Å². The van der Waals surface area contributed by atoms with Crippen LogP contribution in [0, 0.1) is 17.6 Å². The number of likely N-dealkylation sites (tertiary alicyclic amines) is 1. The Kier molecular flexibility index (Phi) is 5.96. The molecule has 152 valence electrons. The first-order valence-corrected chi connectivity index (χ1v) is 9.54. The Bertz CT molecular complexity index is 765. The first-order chi connectivity index (χ1) is 13.3. The second-order valence-corrected chi connectivity index (χ2v) is 7.60. The average molecular weight is 394 g/mol. The van der Waals surface area contributed by atoms with Gasteiger partial charge in [-0.05, 0) is 37.3 Å². The van der Waals surface area contributed by atoms with Crippen molar-refractivity contribution in [3.63, 3.8) is 0 Å². The molecule has 2 N–H and O–H groups in total. The minimum atomic E-state index is -1.21. The number of carbonyl (C=O) groups is 3. The van der Waals surface area contributed by atoms with Crippen LogP contribution >= 0.6 is 0 Å². The van der Waals surface area contributed by atoms with Crippen LogP contribution in [0.25, 0.3) is 0 Å². The number of fused-ring (bicyclic) bond motifs is 1. The monoisotopic (exact) mass is 394 g/mol. The van der Waals surface area contributed by atoms with Gasteiger partial charge >= 0.3 is 5.97 Å². The molecule has 2 fully saturated rings. The van der Waals surface area contributed by atoms with Crippen LogP contribution < -0.4 is 5.32 Å². The van der Waals surface area contributed by atoms with Crippen molar-refractivity contribution in [3.05, 3.63) is 35.4 Å². The molecule has 0 bridgehead atoms. The van der Waals surface area contributed by atoms with Crippen LogP contribution in [0.1, 0.15) is 57.1 Å². The molecular formula is C20H24F2N2O4. The lowest BCUT2D eigenvalue weighted by Crippen LogP contribution is -2.47. The van der Waals surface area contributed by atoms with Gasteiger partial charge in [-0.25, -0.2) is 13.6 Å². The predicted molar refractivity (Wildman–Crippen MR) is 96.2 cm³/mol. The third kappa shape index (κ3) is 4.00. The van der Waals surface area contributed by atoms with Gasteiger partial charge in [0.1, 0.15) is 17.7 Å². The standard InChI is InChI=1S/C20H24F2N2O4/c1-11(25)23-15(19-13(21)6-4-7-14(19)22)10-18(26)24-16-8-3-2-5-12(16)9-17(24)20(27)28/h4,6-7,12,15-17H,2-3,5,8-10H2,1H3,(H,23,25)(H,27,28)/t12-,15+,16-,17-/m0/s1. The third-order valence-corrected chi connectivity index (χ3v) is 5.77. The molecule has 2 amide bonds. The summed E-state index contributed by atoms with van der Waals surface area (Å²) in [5, 5.41) is 12.0. The van der Waals surface area contributed by atoms with E-state index in [1.807, 2.05) is 0 Å². The van der Waals surface area contributed by atoms with Gasteiger partial charge in [-0.2, -0.15) is 0 Å². The number of carboxylic acids is 1. The number of hydrogen-bond acceptors (Lipinski definition) is 3. The van der Waals surface area contributed by atoms with E-state index in [1.54, 1.807) is 0 Å². The molecule has 0 aromatic heterocycles. The summed E-state index contributed by atoms with van der Waals surface area (Å²) >= 11 is 0. The second kappa shape index (κ2) is 8.24. The summed E-state index contributed by atoms with van der Waals surface area (Å²) in [5.41, 5.74) is -0.391. The molecule has 1 aliphatic heterocycles. The Balaban J connectivity index is 1.88. The van der Waals surface area contributed by atoms with Gasteiger partial charge in [0.25, 0.3) is 0 Å². The van der Waals surface area contributed by atoms with Crippen molar-refractivity contribution in [3.8, 4) is 0 Å². The summed E-state index contributed by atoms with van der Waals surface area (Å²) in [6, 6.07) is 1.00. The smallest absolute Gasteiger partial charge is 0.326 e. The normalized spacial score (nSPS) is 25.1. The molecule has 1 aromatic rings. The Morgan fingerprint density at radius 1 is 1.21 bits per heavy atom. The highest BCUT2D eigenvalue weighted by Crippen LogP contribution is 2.40. The molecule has 8 heteroatoms. The number of rotatable bonds is 5. The van der Waals surface area contributed by atoms with Crippen LogP contribution in [0.15, 0.2) is 18.2 Å². The maximum Gasteiger partial charge on any atom is 0.326 e. The Morgan fingerprint density at radius 2 is 1.86 bits per heavy atom. The lowest BCUT2D eigenvalue weighted by Gasteiger charge is -2.34. The van der Waals surface area contributed by atoms with Crippen molar-refractivity contribution in [1.29, 1.82) is 0 Å². The van der Waals surface area contributed by atoms with E-state index in [9.17, 15) is 28.3 Å². The van der Waals surface area contributed by atoms with Crippen LogP contribution in [0.2, 0.25) is 0 Å². The molecule has 0 unspecified atom stereocenters. The highest BCUT2D eigenvalue weighted by Gasteiger charge is 2.47. The van der Waals surface area contributed by atoms with Crippen LogP contribution in [0.3, 0.4) is 0 Å². The number of carboxylic acid groups (broad SMARTS) is 1. The third-order valence-electron chi connectivity index (χ3n) is 5.77. The topological polar surface area (TPSA) is 86.7 Å². The van der Waals surface area contributed by atoms with E-state index in [0.29, 0.717) is 6.42 Å². The lowest BCUT2D eigenvalue weighted by molar-refractivity contribution is -0.150. The minimum Gasteiger partial charge on any atom is -0.480 e. The molecule has 1 heterocycles. The largest absolute Gasteiger partial charge is 0.480 e. The molecule has 3 rings (SSSR count). The number of aliphatic carboxylic acids is 1. The number of nitrogens with zero attached hydrogens (tertiary/aromatic N) is 1. The van der Waals surface area contributed by atoms with E-state index in [1.165, 1.54) is 17.9 Å². The first-order valence-electron chi connectivity index (χ1n) is 9.54. The van der Waals surface area contributed by atoms with Crippen molar-refractivity contribution in [2.24, 2.45) is 5.92 Å². The molecule has 1 saturated carbocycles. The van der Waals surface area contributed by atoms with E-state index in [0.717, 1.165) is 37.8 Å². The van der Waals surface area contributed by atoms with E-state index in [2.05, 4.69) is 5.32 Å². The molecule has 4 atom stereocenters. The number of benzene rings is 1. The molecule has 6 nitrogen and oxygen atoms in total. The van der Waals surface area contributed by atoms with Gasteiger partial charge in [0.05, 0.1) is 12.5 Å². The molecule has 28 heavy (non-hydrogen) atoms. The molecule has 1 aliphatic carbocycles. The highest BCUT2D eigenvalue weighted by molar-refractivity contribution is 5.85. The zero-order valence-corrected chi connectivity index (χ0v) is 15.7. The zero-order chi connectivity index (χ0) is 20.4. The van der Waals surface area contributed by atoms with Crippen molar-refractivity contribution in [1.82, 2.24) is 10.2 Å². The van der Waals surface area contributed by atoms with Crippen molar-refractivity contribution < 1.29 is 28.3 Å². The average Bonchev–Trinajstić information content (AvgIpc) is 3.01. The Hall–Kier alpha value is -2.51. The van der Waals surface area contributed by atoms with E-state index in [-0.39, 0.29) is 12.0 Å². The van der Waals surface area contributed by atoms with Crippen molar-refractivity contribution >= 4 is 17.8 Å². The molecule has 0 radical (unpaired) electrons. The summed E-state index contributed by atoms with van der Waals surface area (Å²) in [6.07, 6.45) is 3.50. The fourth-order valence-electron chi connectivity index (χ4n) is 4.63. The van der Waals surface area contributed by atoms with E-state index in [4.69, 9.17) is 0 Å². The summed E-state index contributed by atoms with van der Waals surface area (Å²) < 4.78 is 28.5. The maximum absolute atomic E-state index is 14.2. The van der Waals surface area contributed by atoms with Crippen LogP contribution in [-0.4, -0.2) is 39.9 Å². The fourth-order valence-corrected chi connectivity index (χ4v) is 4.63. The first kappa shape index (κ1) is 20.2.